The molecule has 0 amide bonds. The molecule has 1 rings (SSSR count). The predicted molar refractivity (Wildman–Crippen MR) is 58.0 cm³/mol. The molecule has 4 heteroatoms. The molecule has 0 aliphatic rings. The molecule has 1 atom stereocenters. The summed E-state index contributed by atoms with van der Waals surface area (Å²) in [5, 5.41) is 7.60. The lowest BCUT2D eigenvalue weighted by Crippen LogP contribution is -2.27. The number of nitrogens with zero attached hydrogens (tertiary/aromatic N) is 2. The minimum absolute atomic E-state index is 0.241. The van der Waals surface area contributed by atoms with E-state index < -0.39 is 0 Å². The van der Waals surface area contributed by atoms with Gasteiger partial charge in [-0.05, 0) is 13.0 Å². The van der Waals surface area contributed by atoms with Crippen LogP contribution in [0.3, 0.4) is 0 Å². The van der Waals surface area contributed by atoms with Crippen molar-refractivity contribution in [1.29, 1.82) is 0 Å². The summed E-state index contributed by atoms with van der Waals surface area (Å²) in [5.74, 6) is 0. The van der Waals surface area contributed by atoms with E-state index in [1.807, 2.05) is 10.9 Å². The highest BCUT2D eigenvalue weighted by atomic mass is 15.3. The van der Waals surface area contributed by atoms with Crippen LogP contribution in [0.2, 0.25) is 0 Å². The zero-order chi connectivity index (χ0) is 10.4. The summed E-state index contributed by atoms with van der Waals surface area (Å²) < 4.78 is 1.97. The van der Waals surface area contributed by atoms with Gasteiger partial charge >= 0.3 is 0 Å². The monoisotopic (exact) mass is 196 g/mol. The zero-order valence-electron chi connectivity index (χ0n) is 9.03. The van der Waals surface area contributed by atoms with Crippen molar-refractivity contribution in [2.75, 3.05) is 13.1 Å². The van der Waals surface area contributed by atoms with Crippen LogP contribution in [0.25, 0.3) is 0 Å². The SMILES string of the molecule is CCCn1cc(C(CN)NCC)cn1. The van der Waals surface area contributed by atoms with Crippen molar-refractivity contribution in [3.8, 4) is 0 Å². The Hall–Kier alpha value is -0.870. The Morgan fingerprint density at radius 1 is 1.57 bits per heavy atom. The smallest absolute Gasteiger partial charge is 0.0538 e. The van der Waals surface area contributed by atoms with E-state index in [4.69, 9.17) is 5.73 Å². The van der Waals surface area contributed by atoms with Gasteiger partial charge in [0.05, 0.1) is 6.20 Å². The second kappa shape index (κ2) is 5.78. The Bertz CT molecular complexity index is 256. The summed E-state index contributed by atoms with van der Waals surface area (Å²) >= 11 is 0. The number of hydrogen-bond acceptors (Lipinski definition) is 3. The molecule has 14 heavy (non-hydrogen) atoms. The van der Waals surface area contributed by atoms with E-state index in [2.05, 4.69) is 30.5 Å². The van der Waals surface area contributed by atoms with Crippen molar-refractivity contribution in [3.63, 3.8) is 0 Å². The summed E-state index contributed by atoms with van der Waals surface area (Å²) in [7, 11) is 0. The van der Waals surface area contributed by atoms with Gasteiger partial charge < -0.3 is 11.1 Å². The highest BCUT2D eigenvalue weighted by molar-refractivity contribution is 5.10. The van der Waals surface area contributed by atoms with Crippen LogP contribution in [0.1, 0.15) is 31.9 Å². The van der Waals surface area contributed by atoms with Gasteiger partial charge in [-0.2, -0.15) is 5.10 Å². The van der Waals surface area contributed by atoms with Gasteiger partial charge in [0, 0.05) is 30.9 Å². The first-order valence-electron chi connectivity index (χ1n) is 5.27. The minimum Gasteiger partial charge on any atom is -0.329 e. The van der Waals surface area contributed by atoms with Crippen LogP contribution >= 0.6 is 0 Å². The molecule has 4 nitrogen and oxygen atoms in total. The summed E-state index contributed by atoms with van der Waals surface area (Å²) in [5.41, 5.74) is 6.86. The van der Waals surface area contributed by atoms with E-state index in [1.54, 1.807) is 0 Å². The van der Waals surface area contributed by atoms with Crippen molar-refractivity contribution in [3.05, 3.63) is 18.0 Å². The van der Waals surface area contributed by atoms with Gasteiger partial charge in [-0.1, -0.05) is 13.8 Å². The van der Waals surface area contributed by atoms with Crippen LogP contribution < -0.4 is 11.1 Å². The average molecular weight is 196 g/mol. The third-order valence-electron chi connectivity index (χ3n) is 2.19. The van der Waals surface area contributed by atoms with Crippen LogP contribution in [-0.2, 0) is 6.54 Å². The van der Waals surface area contributed by atoms with Gasteiger partial charge in [0.15, 0.2) is 0 Å². The second-order valence-corrected chi connectivity index (χ2v) is 3.38. The van der Waals surface area contributed by atoms with Crippen LogP contribution in [0.15, 0.2) is 12.4 Å². The van der Waals surface area contributed by atoms with Gasteiger partial charge in [0.2, 0.25) is 0 Å². The molecule has 0 spiro atoms. The molecular formula is C10H20N4. The number of aryl methyl sites for hydroxylation is 1. The fraction of sp³-hybridized carbons (Fsp3) is 0.700. The maximum atomic E-state index is 5.67. The summed E-state index contributed by atoms with van der Waals surface area (Å²) in [4.78, 5) is 0. The largest absolute Gasteiger partial charge is 0.329 e. The van der Waals surface area contributed by atoms with Crippen LogP contribution in [0.5, 0.6) is 0 Å². The number of likely N-dealkylation sites (N-methyl/N-ethyl adjacent to an activating group) is 1. The zero-order valence-corrected chi connectivity index (χ0v) is 9.03. The van der Waals surface area contributed by atoms with Gasteiger partial charge in [-0.25, -0.2) is 0 Å². The topological polar surface area (TPSA) is 55.9 Å². The molecule has 1 unspecified atom stereocenters. The lowest BCUT2D eigenvalue weighted by molar-refractivity contribution is 0.558. The first kappa shape index (κ1) is 11.2. The molecule has 80 valence electrons. The quantitative estimate of drug-likeness (QED) is 0.711. The summed E-state index contributed by atoms with van der Waals surface area (Å²) in [6.45, 7) is 6.75. The van der Waals surface area contributed by atoms with E-state index in [9.17, 15) is 0 Å². The lowest BCUT2D eigenvalue weighted by atomic mass is 10.1. The highest BCUT2D eigenvalue weighted by Crippen LogP contribution is 2.10. The standard InChI is InChI=1S/C10H20N4/c1-3-5-14-8-9(7-13-14)10(6-11)12-4-2/h7-8,10,12H,3-6,11H2,1-2H3. The normalized spacial score (nSPS) is 13.1. The number of nitrogens with one attached hydrogen (secondary N) is 1. The van der Waals surface area contributed by atoms with E-state index in [0.29, 0.717) is 6.54 Å². The van der Waals surface area contributed by atoms with Crippen molar-refractivity contribution < 1.29 is 0 Å². The van der Waals surface area contributed by atoms with E-state index in [-0.39, 0.29) is 6.04 Å². The molecule has 0 aromatic carbocycles. The van der Waals surface area contributed by atoms with Crippen LogP contribution in [0, 0.1) is 0 Å². The Morgan fingerprint density at radius 3 is 2.93 bits per heavy atom. The maximum absolute atomic E-state index is 5.67. The fourth-order valence-corrected chi connectivity index (χ4v) is 1.49. The van der Waals surface area contributed by atoms with Crippen LogP contribution in [-0.4, -0.2) is 22.9 Å². The molecule has 1 heterocycles. The molecule has 0 saturated carbocycles. The Labute approximate surface area is 85.5 Å². The molecule has 0 saturated heterocycles. The Kier molecular flexibility index (Phi) is 4.62. The third kappa shape index (κ3) is 2.82. The first-order chi connectivity index (χ1) is 6.81. The Morgan fingerprint density at radius 2 is 2.36 bits per heavy atom. The van der Waals surface area contributed by atoms with E-state index in [0.717, 1.165) is 19.5 Å². The highest BCUT2D eigenvalue weighted by Gasteiger charge is 2.09. The molecule has 0 bridgehead atoms. The molecule has 0 radical (unpaired) electrons. The number of rotatable bonds is 6. The third-order valence-corrected chi connectivity index (χ3v) is 2.19. The number of aromatic nitrogens is 2. The maximum Gasteiger partial charge on any atom is 0.0538 e. The van der Waals surface area contributed by atoms with E-state index in [1.165, 1.54) is 5.56 Å². The lowest BCUT2D eigenvalue weighted by Gasteiger charge is -2.12. The molecule has 3 N–H and O–H groups in total. The van der Waals surface area contributed by atoms with Gasteiger partial charge in [-0.3, -0.25) is 4.68 Å². The number of hydrogen-bond donors (Lipinski definition) is 2. The van der Waals surface area contributed by atoms with Crippen molar-refractivity contribution in [2.24, 2.45) is 5.73 Å². The van der Waals surface area contributed by atoms with E-state index >= 15 is 0 Å². The Balaban J connectivity index is 2.63. The van der Waals surface area contributed by atoms with Gasteiger partial charge in [0.25, 0.3) is 0 Å². The van der Waals surface area contributed by atoms with Crippen molar-refractivity contribution in [2.45, 2.75) is 32.9 Å². The second-order valence-electron chi connectivity index (χ2n) is 3.38. The van der Waals surface area contributed by atoms with Crippen LogP contribution in [0.4, 0.5) is 0 Å². The minimum atomic E-state index is 0.241. The van der Waals surface area contributed by atoms with Crippen molar-refractivity contribution >= 4 is 0 Å². The molecule has 0 aliphatic heterocycles. The average Bonchev–Trinajstić information content (AvgIpc) is 2.63. The molecule has 0 aliphatic carbocycles. The van der Waals surface area contributed by atoms with Crippen molar-refractivity contribution in [1.82, 2.24) is 15.1 Å². The molecular weight excluding hydrogens is 176 g/mol. The van der Waals surface area contributed by atoms with Gasteiger partial charge in [-0.15, -0.1) is 0 Å². The van der Waals surface area contributed by atoms with Gasteiger partial charge in [0.1, 0.15) is 0 Å². The summed E-state index contributed by atoms with van der Waals surface area (Å²) in [6.07, 6.45) is 5.08. The first-order valence-corrected chi connectivity index (χ1v) is 5.27. The summed E-state index contributed by atoms with van der Waals surface area (Å²) in [6, 6.07) is 0.241. The number of nitrogens with two attached hydrogens (primary N) is 1. The molecule has 0 fully saturated rings. The predicted octanol–water partition coefficient (Wildman–Crippen LogP) is 0.902. The molecule has 1 aromatic rings. The molecule has 1 aromatic heterocycles. The fourth-order valence-electron chi connectivity index (χ4n) is 1.49.